The van der Waals surface area contributed by atoms with Crippen molar-refractivity contribution < 1.29 is 0 Å². The fourth-order valence-electron chi connectivity index (χ4n) is 2.21. The standard InChI is InChI=1S/C16H22ClN3/c1-4-5-9-20-11-12(2)18-16(20)19-13(3)14-7-6-8-15(17)10-14/h6-8,10-11,13H,4-5,9H2,1-3H3,(H,18,19). The van der Waals surface area contributed by atoms with Gasteiger partial charge in [0.15, 0.2) is 0 Å². The van der Waals surface area contributed by atoms with Crippen molar-refractivity contribution >= 4 is 17.5 Å². The summed E-state index contributed by atoms with van der Waals surface area (Å²) in [5.41, 5.74) is 2.21. The number of halogens is 1. The second kappa shape index (κ2) is 6.80. The maximum Gasteiger partial charge on any atom is 0.203 e. The van der Waals surface area contributed by atoms with Gasteiger partial charge in [0.2, 0.25) is 5.95 Å². The third-order valence-electron chi connectivity index (χ3n) is 3.34. The molecule has 0 radical (unpaired) electrons. The Morgan fingerprint density at radius 1 is 1.40 bits per heavy atom. The number of unbranched alkanes of at least 4 members (excludes halogenated alkanes) is 1. The van der Waals surface area contributed by atoms with Gasteiger partial charge in [-0.1, -0.05) is 37.1 Å². The van der Waals surface area contributed by atoms with Gasteiger partial charge in [-0.05, 0) is 38.0 Å². The third-order valence-corrected chi connectivity index (χ3v) is 3.58. The normalized spacial score (nSPS) is 12.4. The van der Waals surface area contributed by atoms with Gasteiger partial charge in [-0.15, -0.1) is 0 Å². The van der Waals surface area contributed by atoms with E-state index >= 15 is 0 Å². The van der Waals surface area contributed by atoms with Crippen LogP contribution in [-0.2, 0) is 6.54 Å². The number of aryl methyl sites for hydroxylation is 2. The lowest BCUT2D eigenvalue weighted by molar-refractivity contribution is 0.630. The molecule has 0 bridgehead atoms. The number of imidazole rings is 1. The van der Waals surface area contributed by atoms with E-state index in [0.29, 0.717) is 0 Å². The predicted octanol–water partition coefficient (Wildman–Crippen LogP) is 4.82. The number of aromatic nitrogens is 2. The zero-order chi connectivity index (χ0) is 14.5. The minimum absolute atomic E-state index is 0.177. The Hall–Kier alpha value is -1.48. The van der Waals surface area contributed by atoms with Crippen molar-refractivity contribution in [3.8, 4) is 0 Å². The lowest BCUT2D eigenvalue weighted by atomic mass is 10.1. The summed E-state index contributed by atoms with van der Waals surface area (Å²) in [6.45, 7) is 7.35. The molecule has 1 heterocycles. The summed E-state index contributed by atoms with van der Waals surface area (Å²) in [5, 5.41) is 4.24. The molecule has 0 aliphatic heterocycles. The quantitative estimate of drug-likeness (QED) is 0.827. The van der Waals surface area contributed by atoms with Gasteiger partial charge in [0.05, 0.1) is 11.7 Å². The van der Waals surface area contributed by atoms with Crippen LogP contribution in [0.2, 0.25) is 5.02 Å². The molecule has 1 atom stereocenters. The van der Waals surface area contributed by atoms with Crippen LogP contribution in [0.4, 0.5) is 5.95 Å². The van der Waals surface area contributed by atoms with E-state index in [1.54, 1.807) is 0 Å². The molecular weight excluding hydrogens is 270 g/mol. The van der Waals surface area contributed by atoms with E-state index in [0.717, 1.165) is 29.6 Å². The van der Waals surface area contributed by atoms with E-state index in [1.165, 1.54) is 12.0 Å². The fraction of sp³-hybridized carbons (Fsp3) is 0.438. The molecule has 20 heavy (non-hydrogen) atoms. The second-order valence-electron chi connectivity index (χ2n) is 5.17. The third kappa shape index (κ3) is 3.76. The summed E-state index contributed by atoms with van der Waals surface area (Å²) in [7, 11) is 0. The molecule has 3 nitrogen and oxygen atoms in total. The zero-order valence-electron chi connectivity index (χ0n) is 12.4. The Labute approximate surface area is 126 Å². The van der Waals surface area contributed by atoms with Gasteiger partial charge in [-0.2, -0.15) is 0 Å². The van der Waals surface area contributed by atoms with Crippen LogP contribution in [0.15, 0.2) is 30.5 Å². The number of anilines is 1. The van der Waals surface area contributed by atoms with E-state index in [1.807, 2.05) is 25.1 Å². The van der Waals surface area contributed by atoms with Gasteiger partial charge in [-0.25, -0.2) is 4.98 Å². The highest BCUT2D eigenvalue weighted by Crippen LogP contribution is 2.22. The van der Waals surface area contributed by atoms with Crippen LogP contribution >= 0.6 is 11.6 Å². The molecule has 1 N–H and O–H groups in total. The Balaban J connectivity index is 2.12. The highest BCUT2D eigenvalue weighted by molar-refractivity contribution is 6.30. The minimum Gasteiger partial charge on any atom is -0.349 e. The molecular formula is C16H22ClN3. The van der Waals surface area contributed by atoms with Gasteiger partial charge in [-0.3, -0.25) is 0 Å². The Bertz CT molecular complexity index is 563. The van der Waals surface area contributed by atoms with Gasteiger partial charge >= 0.3 is 0 Å². The average molecular weight is 292 g/mol. The fourth-order valence-corrected chi connectivity index (χ4v) is 2.41. The van der Waals surface area contributed by atoms with Crippen molar-refractivity contribution in [1.29, 1.82) is 0 Å². The van der Waals surface area contributed by atoms with Crippen molar-refractivity contribution in [3.05, 3.63) is 46.7 Å². The average Bonchev–Trinajstić information content (AvgIpc) is 2.76. The number of nitrogens with zero attached hydrogens (tertiary/aromatic N) is 2. The van der Waals surface area contributed by atoms with E-state index in [2.05, 4.69) is 41.0 Å². The monoisotopic (exact) mass is 291 g/mol. The molecule has 2 aromatic rings. The molecule has 2 rings (SSSR count). The number of nitrogens with one attached hydrogen (secondary N) is 1. The van der Waals surface area contributed by atoms with Crippen LogP contribution in [0.3, 0.4) is 0 Å². The molecule has 4 heteroatoms. The SMILES string of the molecule is CCCCn1cc(C)nc1NC(C)c1cccc(Cl)c1. The second-order valence-corrected chi connectivity index (χ2v) is 5.61. The van der Waals surface area contributed by atoms with Crippen molar-refractivity contribution in [3.63, 3.8) is 0 Å². The van der Waals surface area contributed by atoms with Gasteiger partial charge in [0.25, 0.3) is 0 Å². The highest BCUT2D eigenvalue weighted by atomic mass is 35.5. The van der Waals surface area contributed by atoms with E-state index < -0.39 is 0 Å². The molecule has 0 aliphatic rings. The topological polar surface area (TPSA) is 29.9 Å². The summed E-state index contributed by atoms with van der Waals surface area (Å²) >= 11 is 6.05. The zero-order valence-corrected chi connectivity index (χ0v) is 13.1. The van der Waals surface area contributed by atoms with E-state index in [9.17, 15) is 0 Å². The first-order chi connectivity index (χ1) is 9.60. The maximum absolute atomic E-state index is 6.05. The molecule has 0 aliphatic carbocycles. The smallest absolute Gasteiger partial charge is 0.203 e. The molecule has 0 fully saturated rings. The maximum atomic E-state index is 6.05. The molecule has 1 aromatic heterocycles. The van der Waals surface area contributed by atoms with Crippen LogP contribution in [0, 0.1) is 6.92 Å². The van der Waals surface area contributed by atoms with Crippen LogP contribution in [0.1, 0.15) is 44.0 Å². The summed E-state index contributed by atoms with van der Waals surface area (Å²) in [6.07, 6.45) is 4.44. The highest BCUT2D eigenvalue weighted by Gasteiger charge is 2.10. The Morgan fingerprint density at radius 2 is 2.20 bits per heavy atom. The van der Waals surface area contributed by atoms with Crippen LogP contribution < -0.4 is 5.32 Å². The van der Waals surface area contributed by atoms with Crippen molar-refractivity contribution in [2.75, 3.05) is 5.32 Å². The molecule has 1 unspecified atom stereocenters. The van der Waals surface area contributed by atoms with Crippen molar-refractivity contribution in [1.82, 2.24) is 9.55 Å². The predicted molar refractivity (Wildman–Crippen MR) is 85.4 cm³/mol. The van der Waals surface area contributed by atoms with Gasteiger partial charge in [0.1, 0.15) is 0 Å². The number of hydrogen-bond donors (Lipinski definition) is 1. The molecule has 0 spiro atoms. The first kappa shape index (κ1) is 14.9. The molecule has 0 saturated heterocycles. The van der Waals surface area contributed by atoms with Crippen molar-refractivity contribution in [2.24, 2.45) is 0 Å². The number of hydrogen-bond acceptors (Lipinski definition) is 2. The summed E-state index contributed by atoms with van der Waals surface area (Å²) < 4.78 is 2.19. The van der Waals surface area contributed by atoms with Crippen LogP contribution in [-0.4, -0.2) is 9.55 Å². The van der Waals surface area contributed by atoms with E-state index in [-0.39, 0.29) is 6.04 Å². The van der Waals surface area contributed by atoms with E-state index in [4.69, 9.17) is 11.6 Å². The first-order valence-corrected chi connectivity index (χ1v) is 7.53. The lowest BCUT2D eigenvalue weighted by Crippen LogP contribution is -2.11. The number of benzene rings is 1. The van der Waals surface area contributed by atoms with Crippen LogP contribution in [0.25, 0.3) is 0 Å². The molecule has 1 aromatic carbocycles. The summed E-state index contributed by atoms with van der Waals surface area (Å²) in [4.78, 5) is 4.57. The number of rotatable bonds is 6. The van der Waals surface area contributed by atoms with Crippen molar-refractivity contribution in [2.45, 2.75) is 46.2 Å². The van der Waals surface area contributed by atoms with Gasteiger partial charge in [0, 0.05) is 17.8 Å². The molecule has 108 valence electrons. The summed E-state index contributed by atoms with van der Waals surface area (Å²) in [6, 6.07) is 8.12. The van der Waals surface area contributed by atoms with Gasteiger partial charge < -0.3 is 9.88 Å². The Kier molecular flexibility index (Phi) is 5.07. The summed E-state index contributed by atoms with van der Waals surface area (Å²) in [5.74, 6) is 0.934. The van der Waals surface area contributed by atoms with Crippen LogP contribution in [0.5, 0.6) is 0 Å². The molecule has 0 saturated carbocycles. The first-order valence-electron chi connectivity index (χ1n) is 7.16. The lowest BCUT2D eigenvalue weighted by Gasteiger charge is -2.16. The largest absolute Gasteiger partial charge is 0.349 e. The molecule has 0 amide bonds. The Morgan fingerprint density at radius 3 is 2.90 bits per heavy atom. The minimum atomic E-state index is 0.177.